The second kappa shape index (κ2) is 7.63. The van der Waals surface area contributed by atoms with Gasteiger partial charge in [-0.05, 0) is 95.2 Å². The molecule has 0 aliphatic heterocycles. The van der Waals surface area contributed by atoms with Crippen LogP contribution in [0.25, 0.3) is 11.1 Å². The van der Waals surface area contributed by atoms with Crippen LogP contribution in [0.1, 0.15) is 50.7 Å². The Labute approximate surface area is 197 Å². The molecule has 2 bridgehead atoms. The summed E-state index contributed by atoms with van der Waals surface area (Å²) in [5, 5.41) is 0. The largest absolute Gasteiger partial charge is 0.311 e. The second-order valence-corrected chi connectivity index (χ2v) is 10.4. The quantitative estimate of drug-likeness (QED) is 0.313. The number of hydrogen-bond donors (Lipinski definition) is 0. The molecule has 0 N–H and O–H groups in total. The van der Waals surface area contributed by atoms with Gasteiger partial charge in [-0.3, -0.25) is 0 Å². The van der Waals surface area contributed by atoms with E-state index in [9.17, 15) is 0 Å². The lowest BCUT2D eigenvalue weighted by atomic mass is 9.52. The fourth-order valence-electron chi connectivity index (χ4n) is 6.05. The molecule has 1 saturated carbocycles. The highest BCUT2D eigenvalue weighted by Gasteiger charge is 2.47. The minimum atomic E-state index is 0.348. The molecule has 3 aliphatic carbocycles. The van der Waals surface area contributed by atoms with Gasteiger partial charge >= 0.3 is 0 Å². The Balaban J connectivity index is 1.38. The first-order valence-electron chi connectivity index (χ1n) is 12.2. The Bertz CT molecular complexity index is 1220. The molecule has 0 saturated heterocycles. The number of rotatable bonds is 4. The lowest BCUT2D eigenvalue weighted by Gasteiger charge is -2.52. The Kier molecular flexibility index (Phi) is 4.69. The molecule has 3 aliphatic rings. The molecule has 0 heterocycles. The summed E-state index contributed by atoms with van der Waals surface area (Å²) in [6.45, 7) is 4.95. The van der Waals surface area contributed by atoms with Crippen LogP contribution in [-0.4, -0.2) is 0 Å². The van der Waals surface area contributed by atoms with Gasteiger partial charge in [-0.25, -0.2) is 0 Å². The van der Waals surface area contributed by atoms with Crippen molar-refractivity contribution in [1.82, 2.24) is 0 Å². The molecular weight excluding hydrogens is 398 g/mol. The van der Waals surface area contributed by atoms with Gasteiger partial charge in [-0.1, -0.05) is 80.6 Å². The molecule has 0 amide bonds. The molecule has 164 valence electrons. The Morgan fingerprint density at radius 1 is 0.485 bits per heavy atom. The maximum absolute atomic E-state index is 2.49. The van der Waals surface area contributed by atoms with Crippen LogP contribution in [0.15, 0.2) is 103 Å². The summed E-state index contributed by atoms with van der Waals surface area (Å²) >= 11 is 0. The zero-order chi connectivity index (χ0) is 22.5. The van der Waals surface area contributed by atoms with Gasteiger partial charge in [-0.2, -0.15) is 0 Å². The van der Waals surface area contributed by atoms with E-state index in [-0.39, 0.29) is 0 Å². The number of fused-ring (bicyclic) bond motifs is 2. The fourth-order valence-corrected chi connectivity index (χ4v) is 6.05. The third-order valence-corrected chi connectivity index (χ3v) is 8.26. The summed E-state index contributed by atoms with van der Waals surface area (Å²) in [5.74, 6) is 0. The topological polar surface area (TPSA) is 3.24 Å². The maximum atomic E-state index is 2.49. The molecule has 0 radical (unpaired) electrons. The van der Waals surface area contributed by atoms with Crippen LogP contribution in [0, 0.1) is 0 Å². The predicted octanol–water partition coefficient (Wildman–Crippen LogP) is 8.93. The smallest absolute Gasteiger partial charge is 0.0462 e. The highest BCUT2D eigenvalue weighted by Crippen LogP contribution is 2.56. The van der Waals surface area contributed by atoms with E-state index in [4.69, 9.17) is 0 Å². The third kappa shape index (κ3) is 3.38. The van der Waals surface area contributed by atoms with E-state index in [1.54, 1.807) is 11.1 Å². The van der Waals surface area contributed by atoms with Gasteiger partial charge in [0.2, 0.25) is 0 Å². The average Bonchev–Trinajstić information content (AvgIpc) is 2.87. The van der Waals surface area contributed by atoms with Crippen LogP contribution in [0.5, 0.6) is 0 Å². The van der Waals surface area contributed by atoms with Gasteiger partial charge in [0.05, 0.1) is 0 Å². The second-order valence-electron chi connectivity index (χ2n) is 10.4. The van der Waals surface area contributed by atoms with Crippen molar-refractivity contribution in [3.63, 3.8) is 0 Å². The van der Waals surface area contributed by atoms with Crippen LogP contribution in [-0.2, 0) is 10.8 Å². The molecule has 1 fully saturated rings. The summed E-state index contributed by atoms with van der Waals surface area (Å²) in [5.41, 5.74) is 10.1. The molecule has 7 rings (SSSR count). The van der Waals surface area contributed by atoms with Crippen molar-refractivity contribution in [3.05, 3.63) is 114 Å². The van der Waals surface area contributed by atoms with E-state index in [1.807, 2.05) is 0 Å². The van der Waals surface area contributed by atoms with Crippen LogP contribution in [0.4, 0.5) is 17.1 Å². The maximum Gasteiger partial charge on any atom is 0.0462 e. The Morgan fingerprint density at radius 3 is 1.48 bits per heavy atom. The molecule has 1 heteroatoms. The highest BCUT2D eigenvalue weighted by molar-refractivity contribution is 5.78. The standard InChI is InChI=1S/C32H31N/c1-31-19-21-32(2,22-20-31)30-23-25(15-18-29(30)31)24-13-16-28(17-14-24)33(26-9-5-3-6-10-26)27-11-7-4-8-12-27/h3-18,23H,19-22H2,1-2H3. The average molecular weight is 430 g/mol. The van der Waals surface area contributed by atoms with Crippen molar-refractivity contribution in [1.29, 1.82) is 0 Å². The van der Waals surface area contributed by atoms with Crippen LogP contribution in [0.2, 0.25) is 0 Å². The highest BCUT2D eigenvalue weighted by atomic mass is 15.1. The first-order chi connectivity index (χ1) is 16.1. The molecule has 0 unspecified atom stereocenters. The van der Waals surface area contributed by atoms with Crippen molar-refractivity contribution < 1.29 is 0 Å². The predicted molar refractivity (Wildman–Crippen MR) is 140 cm³/mol. The van der Waals surface area contributed by atoms with Crippen molar-refractivity contribution in [3.8, 4) is 11.1 Å². The van der Waals surface area contributed by atoms with Crippen LogP contribution in [0.3, 0.4) is 0 Å². The van der Waals surface area contributed by atoms with E-state index in [0.29, 0.717) is 10.8 Å². The Hall–Kier alpha value is -3.32. The zero-order valence-corrected chi connectivity index (χ0v) is 19.6. The van der Waals surface area contributed by atoms with Gasteiger partial charge in [0.25, 0.3) is 0 Å². The minimum absolute atomic E-state index is 0.348. The first-order valence-corrected chi connectivity index (χ1v) is 12.2. The van der Waals surface area contributed by atoms with Crippen LogP contribution < -0.4 is 4.90 Å². The number of hydrogen-bond acceptors (Lipinski definition) is 1. The van der Waals surface area contributed by atoms with Gasteiger partial charge < -0.3 is 4.90 Å². The van der Waals surface area contributed by atoms with E-state index in [1.165, 1.54) is 53.9 Å². The fraction of sp³-hybridized carbons (Fsp3) is 0.250. The first kappa shape index (κ1) is 20.3. The molecular formula is C32H31N. The molecule has 33 heavy (non-hydrogen) atoms. The van der Waals surface area contributed by atoms with Crippen molar-refractivity contribution >= 4 is 17.1 Å². The molecule has 1 nitrogen and oxygen atoms in total. The SMILES string of the molecule is CC12CCC(C)(CC1)c1cc(-c3ccc(N(c4ccccc4)c4ccccc4)cc3)ccc12. The summed E-state index contributed by atoms with van der Waals surface area (Å²) in [7, 11) is 0. The molecule has 0 atom stereocenters. The lowest BCUT2D eigenvalue weighted by Crippen LogP contribution is -2.44. The van der Waals surface area contributed by atoms with E-state index >= 15 is 0 Å². The van der Waals surface area contributed by atoms with E-state index in [2.05, 4.69) is 122 Å². The van der Waals surface area contributed by atoms with Gasteiger partial charge in [0.1, 0.15) is 0 Å². The molecule has 4 aromatic rings. The summed E-state index contributed by atoms with van der Waals surface area (Å²) in [4.78, 5) is 2.32. The van der Waals surface area contributed by atoms with Crippen molar-refractivity contribution in [2.45, 2.75) is 50.4 Å². The van der Waals surface area contributed by atoms with Crippen LogP contribution >= 0.6 is 0 Å². The Morgan fingerprint density at radius 2 is 0.939 bits per heavy atom. The number of benzene rings is 4. The summed E-state index contributed by atoms with van der Waals surface area (Å²) in [6.07, 6.45) is 5.31. The summed E-state index contributed by atoms with van der Waals surface area (Å²) in [6, 6.07) is 37.5. The summed E-state index contributed by atoms with van der Waals surface area (Å²) < 4.78 is 0. The molecule has 0 spiro atoms. The molecule has 0 aromatic heterocycles. The number of para-hydroxylation sites is 2. The van der Waals surface area contributed by atoms with E-state index < -0.39 is 0 Å². The van der Waals surface area contributed by atoms with Gasteiger partial charge in [0.15, 0.2) is 0 Å². The third-order valence-electron chi connectivity index (χ3n) is 8.26. The molecule has 4 aromatic carbocycles. The number of anilines is 3. The monoisotopic (exact) mass is 429 g/mol. The lowest BCUT2D eigenvalue weighted by molar-refractivity contribution is 0.188. The minimum Gasteiger partial charge on any atom is -0.311 e. The van der Waals surface area contributed by atoms with E-state index in [0.717, 1.165) is 0 Å². The van der Waals surface area contributed by atoms with Gasteiger partial charge in [-0.15, -0.1) is 0 Å². The number of nitrogens with zero attached hydrogens (tertiary/aromatic N) is 1. The normalized spacial score (nSPS) is 23.2. The van der Waals surface area contributed by atoms with Gasteiger partial charge in [0, 0.05) is 17.1 Å². The van der Waals surface area contributed by atoms with Crippen molar-refractivity contribution in [2.24, 2.45) is 0 Å². The zero-order valence-electron chi connectivity index (χ0n) is 19.6. The van der Waals surface area contributed by atoms with Crippen molar-refractivity contribution in [2.75, 3.05) is 4.90 Å².